The van der Waals surface area contributed by atoms with E-state index in [4.69, 9.17) is 5.73 Å². The van der Waals surface area contributed by atoms with Gasteiger partial charge < -0.3 is 20.4 Å². The Balaban J connectivity index is 1.89. The Bertz CT molecular complexity index is 545. The number of anilines is 2. The normalized spacial score (nSPS) is 27.1. The van der Waals surface area contributed by atoms with Crippen molar-refractivity contribution < 1.29 is 4.79 Å². The zero-order valence-electron chi connectivity index (χ0n) is 12.3. The zero-order valence-corrected chi connectivity index (χ0v) is 12.3. The molecule has 5 heteroatoms. The van der Waals surface area contributed by atoms with Gasteiger partial charge in [0.05, 0.1) is 5.69 Å². The Morgan fingerprint density at radius 2 is 2.00 bits per heavy atom. The molecule has 5 nitrogen and oxygen atoms in total. The van der Waals surface area contributed by atoms with Crippen molar-refractivity contribution in [1.29, 1.82) is 0 Å². The molecule has 3 rings (SSSR count). The van der Waals surface area contributed by atoms with Crippen LogP contribution in [0.1, 0.15) is 18.5 Å². The highest BCUT2D eigenvalue weighted by molar-refractivity contribution is 6.04. The van der Waals surface area contributed by atoms with Gasteiger partial charge >= 0.3 is 0 Å². The zero-order chi connectivity index (χ0) is 14.4. The van der Waals surface area contributed by atoms with Crippen molar-refractivity contribution in [1.82, 2.24) is 4.90 Å². The SMILES string of the molecule is CC1CN(c2ccc3c(c2)N(C)C(=O)C3N)CCN1C. The van der Waals surface area contributed by atoms with Crippen molar-refractivity contribution in [2.24, 2.45) is 5.73 Å². The predicted molar refractivity (Wildman–Crippen MR) is 81.1 cm³/mol. The van der Waals surface area contributed by atoms with E-state index in [0.717, 1.165) is 30.9 Å². The highest BCUT2D eigenvalue weighted by Gasteiger charge is 2.33. The van der Waals surface area contributed by atoms with Crippen molar-refractivity contribution in [3.63, 3.8) is 0 Å². The third-order valence-corrected chi connectivity index (χ3v) is 4.63. The first-order chi connectivity index (χ1) is 9.49. The van der Waals surface area contributed by atoms with Crippen LogP contribution in [0, 0.1) is 0 Å². The van der Waals surface area contributed by atoms with Crippen LogP contribution in [-0.2, 0) is 4.79 Å². The van der Waals surface area contributed by atoms with Gasteiger partial charge in [-0.05, 0) is 26.1 Å². The highest BCUT2D eigenvalue weighted by atomic mass is 16.2. The van der Waals surface area contributed by atoms with Crippen LogP contribution in [-0.4, -0.2) is 50.6 Å². The summed E-state index contributed by atoms with van der Waals surface area (Å²) in [7, 11) is 3.96. The average molecular weight is 274 g/mol. The number of nitrogens with two attached hydrogens (primary N) is 1. The van der Waals surface area contributed by atoms with Crippen molar-refractivity contribution in [2.75, 3.05) is 43.5 Å². The Morgan fingerprint density at radius 1 is 1.25 bits per heavy atom. The third-order valence-electron chi connectivity index (χ3n) is 4.63. The van der Waals surface area contributed by atoms with Crippen LogP contribution in [0.5, 0.6) is 0 Å². The van der Waals surface area contributed by atoms with Gasteiger partial charge in [0, 0.05) is 44.0 Å². The molecule has 2 heterocycles. The Morgan fingerprint density at radius 3 is 2.70 bits per heavy atom. The molecule has 0 aliphatic carbocycles. The lowest BCUT2D eigenvalue weighted by Gasteiger charge is -2.39. The molecule has 1 saturated heterocycles. The van der Waals surface area contributed by atoms with Gasteiger partial charge in [-0.3, -0.25) is 4.79 Å². The first-order valence-corrected chi connectivity index (χ1v) is 7.11. The minimum absolute atomic E-state index is 0.0242. The molecule has 20 heavy (non-hydrogen) atoms. The Labute approximate surface area is 119 Å². The van der Waals surface area contributed by atoms with Crippen molar-refractivity contribution in [3.05, 3.63) is 23.8 Å². The molecular formula is C15H22N4O. The van der Waals surface area contributed by atoms with Gasteiger partial charge in [0.1, 0.15) is 6.04 Å². The number of amides is 1. The van der Waals surface area contributed by atoms with E-state index in [1.807, 2.05) is 6.07 Å². The van der Waals surface area contributed by atoms with Crippen LogP contribution in [0.2, 0.25) is 0 Å². The molecule has 0 bridgehead atoms. The van der Waals surface area contributed by atoms with Gasteiger partial charge in [-0.25, -0.2) is 0 Å². The largest absolute Gasteiger partial charge is 0.369 e. The highest BCUT2D eigenvalue weighted by Crippen LogP contribution is 2.36. The maximum Gasteiger partial charge on any atom is 0.248 e. The minimum atomic E-state index is -0.504. The molecule has 2 atom stereocenters. The summed E-state index contributed by atoms with van der Waals surface area (Å²) in [6.45, 7) is 5.33. The van der Waals surface area contributed by atoms with Crippen LogP contribution in [0.15, 0.2) is 18.2 Å². The lowest BCUT2D eigenvalue weighted by atomic mass is 10.1. The summed E-state index contributed by atoms with van der Waals surface area (Å²) in [5.41, 5.74) is 9.00. The summed E-state index contributed by atoms with van der Waals surface area (Å²) < 4.78 is 0. The summed E-state index contributed by atoms with van der Waals surface area (Å²) >= 11 is 0. The monoisotopic (exact) mass is 274 g/mol. The summed E-state index contributed by atoms with van der Waals surface area (Å²) in [5, 5.41) is 0. The second-order valence-electron chi connectivity index (χ2n) is 5.89. The van der Waals surface area contributed by atoms with Gasteiger partial charge in [-0.1, -0.05) is 6.07 Å². The van der Waals surface area contributed by atoms with E-state index in [1.54, 1.807) is 11.9 Å². The summed E-state index contributed by atoms with van der Waals surface area (Å²) in [6.07, 6.45) is 0. The summed E-state index contributed by atoms with van der Waals surface area (Å²) in [5.74, 6) is -0.0242. The Hall–Kier alpha value is -1.59. The number of hydrogen-bond acceptors (Lipinski definition) is 4. The fourth-order valence-electron chi connectivity index (χ4n) is 3.03. The molecule has 2 aliphatic heterocycles. The molecule has 0 aromatic heterocycles. The lowest BCUT2D eigenvalue weighted by Crippen LogP contribution is -2.50. The summed E-state index contributed by atoms with van der Waals surface area (Å²) in [4.78, 5) is 18.3. The van der Waals surface area contributed by atoms with Crippen molar-refractivity contribution in [2.45, 2.75) is 19.0 Å². The number of rotatable bonds is 1. The fraction of sp³-hybridized carbons (Fsp3) is 0.533. The van der Waals surface area contributed by atoms with E-state index >= 15 is 0 Å². The first-order valence-electron chi connectivity index (χ1n) is 7.11. The Kier molecular flexibility index (Phi) is 3.18. The van der Waals surface area contributed by atoms with Crippen molar-refractivity contribution >= 4 is 17.3 Å². The second-order valence-corrected chi connectivity index (χ2v) is 5.89. The van der Waals surface area contributed by atoms with E-state index in [0.29, 0.717) is 6.04 Å². The molecule has 0 spiro atoms. The number of carbonyl (C=O) groups is 1. The smallest absolute Gasteiger partial charge is 0.248 e. The maximum atomic E-state index is 11.9. The van der Waals surface area contributed by atoms with Crippen LogP contribution >= 0.6 is 0 Å². The molecule has 2 N–H and O–H groups in total. The van der Waals surface area contributed by atoms with Crippen LogP contribution in [0.4, 0.5) is 11.4 Å². The molecule has 1 aromatic carbocycles. The molecule has 1 fully saturated rings. The molecule has 1 aromatic rings. The predicted octanol–water partition coefficient (Wildman–Crippen LogP) is 0.803. The second kappa shape index (κ2) is 4.75. The maximum absolute atomic E-state index is 11.9. The summed E-state index contributed by atoms with van der Waals surface area (Å²) in [6, 6.07) is 6.22. The van der Waals surface area contributed by atoms with Crippen LogP contribution < -0.4 is 15.5 Å². The van der Waals surface area contributed by atoms with Crippen molar-refractivity contribution in [3.8, 4) is 0 Å². The average Bonchev–Trinajstić information content (AvgIpc) is 2.66. The fourth-order valence-corrected chi connectivity index (χ4v) is 3.03. The number of nitrogens with zero attached hydrogens (tertiary/aromatic N) is 3. The molecule has 108 valence electrons. The standard InChI is InChI=1S/C15H22N4O/c1-10-9-19(7-6-17(10)2)11-4-5-12-13(8-11)18(3)15(20)14(12)16/h4-5,8,10,14H,6-7,9,16H2,1-3H3. The van der Waals surface area contributed by atoms with E-state index < -0.39 is 6.04 Å². The number of likely N-dealkylation sites (N-methyl/N-ethyl adjacent to an activating group) is 2. The van der Waals surface area contributed by atoms with Gasteiger partial charge in [-0.2, -0.15) is 0 Å². The lowest BCUT2D eigenvalue weighted by molar-refractivity contribution is -0.118. The molecule has 1 amide bonds. The number of carbonyl (C=O) groups excluding carboxylic acids is 1. The van der Waals surface area contributed by atoms with Gasteiger partial charge in [-0.15, -0.1) is 0 Å². The molecule has 2 aliphatic rings. The van der Waals surface area contributed by atoms with Crippen LogP contribution in [0.25, 0.3) is 0 Å². The molecular weight excluding hydrogens is 252 g/mol. The van der Waals surface area contributed by atoms with Gasteiger partial charge in [0.15, 0.2) is 0 Å². The van der Waals surface area contributed by atoms with E-state index in [2.05, 4.69) is 35.9 Å². The minimum Gasteiger partial charge on any atom is -0.369 e. The number of benzene rings is 1. The topological polar surface area (TPSA) is 52.8 Å². The first kappa shape index (κ1) is 13.4. The molecule has 0 radical (unpaired) electrons. The van der Waals surface area contributed by atoms with Gasteiger partial charge in [0.25, 0.3) is 0 Å². The van der Waals surface area contributed by atoms with Crippen LogP contribution in [0.3, 0.4) is 0 Å². The van der Waals surface area contributed by atoms with E-state index in [1.165, 1.54) is 5.69 Å². The van der Waals surface area contributed by atoms with Gasteiger partial charge in [0.2, 0.25) is 5.91 Å². The number of fused-ring (bicyclic) bond motifs is 1. The third kappa shape index (κ3) is 1.98. The molecule has 2 unspecified atom stereocenters. The van der Waals surface area contributed by atoms with E-state index in [-0.39, 0.29) is 5.91 Å². The van der Waals surface area contributed by atoms with E-state index in [9.17, 15) is 4.79 Å². The quantitative estimate of drug-likeness (QED) is 0.823. The number of piperazine rings is 1. The molecule has 0 saturated carbocycles. The number of hydrogen-bond donors (Lipinski definition) is 1.